The largest absolute Gasteiger partial charge is 0.430 e. The summed E-state index contributed by atoms with van der Waals surface area (Å²) in [6.45, 7) is 4.84. The predicted molar refractivity (Wildman–Crippen MR) is 33.1 cm³/mol. The van der Waals surface area contributed by atoms with Crippen LogP contribution in [0.1, 0.15) is 6.92 Å². The Morgan fingerprint density at radius 2 is 2.11 bits per heavy atom. The van der Waals surface area contributed by atoms with Crippen molar-refractivity contribution >= 4 is 5.97 Å². The number of nitrogens with two attached hydrogens (primary N) is 2. The van der Waals surface area contributed by atoms with Crippen molar-refractivity contribution in [2.45, 2.75) is 13.3 Å². The number of hydrogen-bond donors (Lipinski definition) is 2. The summed E-state index contributed by atoms with van der Waals surface area (Å²) in [5.74, 6) is -0.565. The number of carbonyl (C=O) groups excluding carboxylic acids is 1. The van der Waals surface area contributed by atoms with Crippen molar-refractivity contribution in [3.63, 3.8) is 0 Å². The highest BCUT2D eigenvalue weighted by Gasteiger charge is 2.04. The molecule has 0 amide bonds. The molecule has 0 aliphatic rings. The summed E-state index contributed by atoms with van der Waals surface area (Å²) in [5.41, 5.74) is 10.1. The Hall–Kier alpha value is -0.870. The van der Waals surface area contributed by atoms with E-state index in [1.54, 1.807) is 0 Å². The average Bonchev–Trinajstić information content (AvgIpc) is 1.63. The molecule has 4 heteroatoms. The van der Waals surface area contributed by atoms with Crippen LogP contribution in [0.4, 0.5) is 0 Å². The maximum Gasteiger partial charge on any atom is 0.335 e. The second-order valence-corrected chi connectivity index (χ2v) is 1.65. The van der Waals surface area contributed by atoms with Gasteiger partial charge in [0.25, 0.3) is 0 Å². The Kier molecular flexibility index (Phi) is 2.90. The second-order valence-electron chi connectivity index (χ2n) is 1.65. The van der Waals surface area contributed by atoms with Crippen LogP contribution in [0.3, 0.4) is 0 Å². The highest BCUT2D eigenvalue weighted by Crippen LogP contribution is 1.90. The van der Waals surface area contributed by atoms with E-state index in [9.17, 15) is 4.79 Å². The molecular formula is C5H10N2O2. The van der Waals surface area contributed by atoms with Crippen LogP contribution in [-0.2, 0) is 9.53 Å². The van der Waals surface area contributed by atoms with Gasteiger partial charge in [0, 0.05) is 5.57 Å². The van der Waals surface area contributed by atoms with Crippen LogP contribution >= 0.6 is 0 Å². The molecule has 0 aliphatic carbocycles. The molecule has 0 aromatic carbocycles. The zero-order chi connectivity index (χ0) is 7.44. The van der Waals surface area contributed by atoms with E-state index >= 15 is 0 Å². The molecule has 0 heterocycles. The van der Waals surface area contributed by atoms with E-state index in [0.29, 0.717) is 0 Å². The fourth-order valence-electron chi connectivity index (χ4n) is 0.224. The van der Waals surface area contributed by atoms with E-state index in [2.05, 4.69) is 11.3 Å². The minimum atomic E-state index is -1.05. The molecule has 0 saturated heterocycles. The van der Waals surface area contributed by atoms with Gasteiger partial charge < -0.3 is 4.74 Å². The maximum absolute atomic E-state index is 10.5. The van der Waals surface area contributed by atoms with Gasteiger partial charge in [-0.3, -0.25) is 11.5 Å². The van der Waals surface area contributed by atoms with Crippen molar-refractivity contribution in [1.82, 2.24) is 0 Å². The zero-order valence-electron chi connectivity index (χ0n) is 5.26. The SMILES string of the molecule is C=C(C)C(=O)OC(N)N. The lowest BCUT2D eigenvalue weighted by Gasteiger charge is -2.05. The summed E-state index contributed by atoms with van der Waals surface area (Å²) < 4.78 is 4.33. The first-order valence-corrected chi connectivity index (χ1v) is 2.41. The number of rotatable bonds is 2. The van der Waals surface area contributed by atoms with Gasteiger partial charge in [-0.25, -0.2) is 4.79 Å². The summed E-state index contributed by atoms with van der Waals surface area (Å²) in [6.07, 6.45) is -1.05. The first kappa shape index (κ1) is 8.13. The van der Waals surface area contributed by atoms with Gasteiger partial charge >= 0.3 is 5.97 Å². The molecule has 0 aromatic heterocycles. The van der Waals surface area contributed by atoms with Gasteiger partial charge in [0.05, 0.1) is 0 Å². The Balaban J connectivity index is 3.65. The van der Waals surface area contributed by atoms with Crippen molar-refractivity contribution in [3.05, 3.63) is 12.2 Å². The standard InChI is InChI=1S/C5H10N2O2/c1-3(2)4(8)9-5(6)7/h5H,1,6-7H2,2H3. The van der Waals surface area contributed by atoms with Crippen LogP contribution < -0.4 is 11.5 Å². The molecule has 4 N–H and O–H groups in total. The van der Waals surface area contributed by atoms with Crippen molar-refractivity contribution in [2.24, 2.45) is 11.5 Å². The van der Waals surface area contributed by atoms with E-state index in [0.717, 1.165) is 0 Å². The van der Waals surface area contributed by atoms with Gasteiger partial charge in [0.15, 0.2) is 0 Å². The Morgan fingerprint density at radius 3 is 2.22 bits per heavy atom. The molecule has 0 saturated carbocycles. The van der Waals surface area contributed by atoms with Crippen LogP contribution in [-0.4, -0.2) is 12.3 Å². The number of ether oxygens (including phenoxy) is 1. The number of hydrogen-bond acceptors (Lipinski definition) is 4. The monoisotopic (exact) mass is 130 g/mol. The molecular weight excluding hydrogens is 120 g/mol. The zero-order valence-corrected chi connectivity index (χ0v) is 5.26. The van der Waals surface area contributed by atoms with Gasteiger partial charge in [-0.15, -0.1) is 0 Å². The highest BCUT2D eigenvalue weighted by molar-refractivity contribution is 5.86. The Labute approximate surface area is 53.5 Å². The summed E-state index contributed by atoms with van der Waals surface area (Å²) in [6, 6.07) is 0. The number of carbonyl (C=O) groups is 1. The molecule has 0 aromatic rings. The van der Waals surface area contributed by atoms with Crippen LogP contribution in [0, 0.1) is 0 Å². The van der Waals surface area contributed by atoms with Gasteiger partial charge in [-0.05, 0) is 6.92 Å². The molecule has 0 rings (SSSR count). The van der Waals surface area contributed by atoms with Crippen molar-refractivity contribution in [3.8, 4) is 0 Å². The maximum atomic E-state index is 10.5. The van der Waals surface area contributed by atoms with Crippen LogP contribution in [0.15, 0.2) is 12.2 Å². The summed E-state index contributed by atoms with van der Waals surface area (Å²) in [7, 11) is 0. The van der Waals surface area contributed by atoms with Crippen molar-refractivity contribution in [1.29, 1.82) is 0 Å². The fraction of sp³-hybridized carbons (Fsp3) is 0.400. The third-order valence-corrected chi connectivity index (χ3v) is 0.592. The highest BCUT2D eigenvalue weighted by atomic mass is 16.6. The second kappa shape index (κ2) is 3.21. The lowest BCUT2D eigenvalue weighted by Crippen LogP contribution is -2.35. The van der Waals surface area contributed by atoms with Crippen LogP contribution in [0.25, 0.3) is 0 Å². The smallest absolute Gasteiger partial charge is 0.335 e. The normalized spacial score (nSPS) is 9.33. The van der Waals surface area contributed by atoms with Crippen LogP contribution in [0.5, 0.6) is 0 Å². The van der Waals surface area contributed by atoms with E-state index < -0.39 is 12.3 Å². The summed E-state index contributed by atoms with van der Waals surface area (Å²) in [5, 5.41) is 0. The molecule has 0 bridgehead atoms. The van der Waals surface area contributed by atoms with Crippen molar-refractivity contribution in [2.75, 3.05) is 0 Å². The van der Waals surface area contributed by atoms with Gasteiger partial charge in [0.1, 0.15) is 0 Å². The molecule has 0 aliphatic heterocycles. The molecule has 0 radical (unpaired) electrons. The fourth-order valence-corrected chi connectivity index (χ4v) is 0.224. The summed E-state index contributed by atoms with van der Waals surface area (Å²) in [4.78, 5) is 10.5. The molecule has 9 heavy (non-hydrogen) atoms. The minimum absolute atomic E-state index is 0.288. The predicted octanol–water partition coefficient (Wildman–Crippen LogP) is -0.693. The van der Waals surface area contributed by atoms with Gasteiger partial charge in [0.2, 0.25) is 6.35 Å². The topological polar surface area (TPSA) is 78.3 Å². The average molecular weight is 130 g/mol. The summed E-state index contributed by atoms with van der Waals surface area (Å²) >= 11 is 0. The first-order valence-electron chi connectivity index (χ1n) is 2.41. The number of esters is 1. The third kappa shape index (κ3) is 3.69. The molecule has 0 atom stereocenters. The third-order valence-electron chi connectivity index (χ3n) is 0.592. The van der Waals surface area contributed by atoms with E-state index in [1.807, 2.05) is 0 Å². The molecule has 0 spiro atoms. The van der Waals surface area contributed by atoms with E-state index in [1.165, 1.54) is 6.92 Å². The van der Waals surface area contributed by atoms with Crippen molar-refractivity contribution < 1.29 is 9.53 Å². The lowest BCUT2D eigenvalue weighted by atomic mass is 10.4. The Morgan fingerprint density at radius 1 is 1.67 bits per heavy atom. The van der Waals surface area contributed by atoms with E-state index in [4.69, 9.17) is 11.5 Å². The Bertz CT molecular complexity index is 131. The van der Waals surface area contributed by atoms with Crippen LogP contribution in [0.2, 0.25) is 0 Å². The van der Waals surface area contributed by atoms with Gasteiger partial charge in [-0.2, -0.15) is 0 Å². The molecule has 0 unspecified atom stereocenters. The molecule has 4 nitrogen and oxygen atoms in total. The lowest BCUT2D eigenvalue weighted by molar-refractivity contribution is -0.143. The first-order chi connectivity index (χ1) is 4.04. The van der Waals surface area contributed by atoms with E-state index in [-0.39, 0.29) is 5.57 Å². The van der Waals surface area contributed by atoms with Gasteiger partial charge in [-0.1, -0.05) is 6.58 Å². The molecule has 0 fully saturated rings. The minimum Gasteiger partial charge on any atom is -0.430 e. The molecule has 52 valence electrons. The quantitative estimate of drug-likeness (QED) is 0.294.